The lowest BCUT2D eigenvalue weighted by molar-refractivity contribution is -0.142. The first-order valence-corrected chi connectivity index (χ1v) is 13.6. The van der Waals surface area contributed by atoms with Gasteiger partial charge in [0.05, 0.1) is 11.1 Å². The highest BCUT2D eigenvalue weighted by atomic mass is 16.4. The molecule has 0 aliphatic rings. The van der Waals surface area contributed by atoms with Crippen LogP contribution in [0.1, 0.15) is 25.0 Å². The summed E-state index contributed by atoms with van der Waals surface area (Å²) < 4.78 is 2.41. The molecule has 0 fully saturated rings. The van der Waals surface area contributed by atoms with Gasteiger partial charge < -0.3 is 15.0 Å². The molecule has 8 heteroatoms. The van der Waals surface area contributed by atoms with E-state index >= 15 is 0 Å². The molecule has 4 aromatic carbocycles. The minimum Gasteiger partial charge on any atom is -0.480 e. The van der Waals surface area contributed by atoms with Crippen LogP contribution < -0.4 is 16.6 Å². The van der Waals surface area contributed by atoms with Crippen LogP contribution in [0.4, 0.5) is 0 Å². The number of carbonyl (C=O) groups excluding carboxylic acids is 1. The number of fused-ring (bicyclic) bond motifs is 1. The number of benzene rings is 4. The monoisotopic (exact) mass is 561 g/mol. The summed E-state index contributed by atoms with van der Waals surface area (Å²) in [4.78, 5) is 51.4. The molecular weight excluding hydrogens is 530 g/mol. The predicted molar refractivity (Wildman–Crippen MR) is 163 cm³/mol. The Balaban J connectivity index is 1.46. The van der Waals surface area contributed by atoms with E-state index in [9.17, 15) is 24.3 Å². The van der Waals surface area contributed by atoms with Crippen LogP contribution in [0.25, 0.3) is 27.6 Å². The normalized spacial score (nSPS) is 12.2. The van der Waals surface area contributed by atoms with E-state index in [1.807, 2.05) is 60.7 Å². The summed E-state index contributed by atoms with van der Waals surface area (Å²) in [6, 6.07) is 28.1. The van der Waals surface area contributed by atoms with Crippen molar-refractivity contribution in [1.82, 2.24) is 14.5 Å². The summed E-state index contributed by atoms with van der Waals surface area (Å²) in [6.07, 6.45) is 1.42. The van der Waals surface area contributed by atoms with Gasteiger partial charge in [0.2, 0.25) is 5.91 Å². The molecule has 5 rings (SSSR count). The number of carbonyl (C=O) groups is 2. The van der Waals surface area contributed by atoms with E-state index in [1.54, 1.807) is 51.2 Å². The summed E-state index contributed by atoms with van der Waals surface area (Å²) in [6.45, 7) is 3.54. The summed E-state index contributed by atoms with van der Waals surface area (Å²) in [5.74, 6) is -1.58. The minimum atomic E-state index is -1.21. The average Bonchev–Trinajstić information content (AvgIpc) is 2.99. The second-order valence-electron chi connectivity index (χ2n) is 10.8. The fourth-order valence-electron chi connectivity index (χ4n) is 5.13. The van der Waals surface area contributed by atoms with Crippen molar-refractivity contribution < 1.29 is 14.7 Å². The molecule has 1 atom stereocenters. The van der Waals surface area contributed by atoms with Crippen molar-refractivity contribution in [3.8, 4) is 16.8 Å². The number of aryl methyl sites for hydroxylation is 1. The molecule has 2 N–H and O–H groups in total. The number of amides is 1. The largest absolute Gasteiger partial charge is 0.480 e. The molecule has 5 aromatic rings. The molecule has 0 aliphatic heterocycles. The topological polar surface area (TPSA) is 110 Å². The van der Waals surface area contributed by atoms with E-state index in [0.717, 1.165) is 21.3 Å². The number of carboxylic acids is 1. The van der Waals surface area contributed by atoms with Crippen LogP contribution in [-0.2, 0) is 28.5 Å². The maximum Gasteiger partial charge on any atom is 0.335 e. The van der Waals surface area contributed by atoms with Crippen LogP contribution in [0.3, 0.4) is 0 Å². The molecule has 1 amide bonds. The molecule has 0 radical (unpaired) electrons. The lowest BCUT2D eigenvalue weighted by Crippen LogP contribution is -2.49. The fourth-order valence-corrected chi connectivity index (χ4v) is 5.13. The molecule has 0 saturated heterocycles. The smallest absolute Gasteiger partial charge is 0.335 e. The van der Waals surface area contributed by atoms with Gasteiger partial charge in [0.25, 0.3) is 5.56 Å². The number of hydrogen-bond acceptors (Lipinski definition) is 4. The average molecular weight is 562 g/mol. The van der Waals surface area contributed by atoms with Gasteiger partial charge in [0, 0.05) is 31.1 Å². The van der Waals surface area contributed by atoms with Gasteiger partial charge in [-0.3, -0.25) is 9.59 Å². The van der Waals surface area contributed by atoms with E-state index in [1.165, 1.54) is 16.8 Å². The molecule has 0 aliphatic carbocycles. The number of nitrogens with one attached hydrogen (secondary N) is 1. The molecule has 0 spiro atoms. The number of hydrogen-bond donors (Lipinski definition) is 2. The lowest BCUT2D eigenvalue weighted by Gasteiger charge is -2.27. The Morgan fingerprint density at radius 3 is 2.24 bits per heavy atom. The molecule has 8 nitrogen and oxygen atoms in total. The molecule has 0 bridgehead atoms. The van der Waals surface area contributed by atoms with E-state index in [4.69, 9.17) is 0 Å². The van der Waals surface area contributed by atoms with E-state index in [2.05, 4.69) is 5.32 Å². The highest BCUT2D eigenvalue weighted by Gasteiger charge is 2.33. The number of rotatable bonds is 8. The van der Waals surface area contributed by atoms with Gasteiger partial charge in [-0.15, -0.1) is 0 Å². The SMILES string of the molecule is Cn1ccc(=O)n(-c2cccc3c(C[C@H](NC(=O)C(C)(C)c4cccc(-c5ccccc5)c4)C(=O)O)cccc23)c1=O. The van der Waals surface area contributed by atoms with Crippen molar-refractivity contribution in [2.24, 2.45) is 7.05 Å². The van der Waals surface area contributed by atoms with Crippen molar-refractivity contribution in [3.05, 3.63) is 135 Å². The van der Waals surface area contributed by atoms with Crippen molar-refractivity contribution in [2.75, 3.05) is 0 Å². The number of carboxylic acid groups (broad SMARTS) is 1. The third kappa shape index (κ3) is 5.39. The Morgan fingerprint density at radius 2 is 1.50 bits per heavy atom. The maximum absolute atomic E-state index is 13.6. The van der Waals surface area contributed by atoms with E-state index < -0.39 is 34.6 Å². The van der Waals surface area contributed by atoms with Gasteiger partial charge in [-0.25, -0.2) is 14.2 Å². The van der Waals surface area contributed by atoms with Crippen LogP contribution in [-0.4, -0.2) is 32.2 Å². The Morgan fingerprint density at radius 1 is 0.833 bits per heavy atom. The van der Waals surface area contributed by atoms with Crippen molar-refractivity contribution in [2.45, 2.75) is 31.7 Å². The van der Waals surface area contributed by atoms with E-state index in [-0.39, 0.29) is 6.42 Å². The van der Waals surface area contributed by atoms with Gasteiger partial charge in [-0.2, -0.15) is 0 Å². The number of aromatic nitrogens is 2. The second-order valence-corrected chi connectivity index (χ2v) is 10.8. The minimum absolute atomic E-state index is 0.00367. The van der Waals surface area contributed by atoms with Crippen molar-refractivity contribution >= 4 is 22.6 Å². The summed E-state index contributed by atoms with van der Waals surface area (Å²) in [7, 11) is 1.56. The molecule has 1 aromatic heterocycles. The molecule has 42 heavy (non-hydrogen) atoms. The Labute approximate surface area is 242 Å². The van der Waals surface area contributed by atoms with Gasteiger partial charge in [-0.05, 0) is 47.6 Å². The summed E-state index contributed by atoms with van der Waals surface area (Å²) >= 11 is 0. The zero-order valence-corrected chi connectivity index (χ0v) is 23.6. The standard InChI is InChI=1S/C34H31N3O5/c1-34(2,25-14-7-12-23(20-25)22-10-5-4-6-11-22)32(41)35-28(31(39)40)21-24-13-8-16-27-26(24)15-9-17-29(27)37-30(38)18-19-36(3)33(37)42/h4-20,28H,21H2,1-3H3,(H,35,41)(H,39,40)/t28-/m0/s1. The first-order valence-electron chi connectivity index (χ1n) is 13.6. The van der Waals surface area contributed by atoms with Gasteiger partial charge in [0.1, 0.15) is 6.04 Å². The van der Waals surface area contributed by atoms with Gasteiger partial charge >= 0.3 is 11.7 Å². The Hall–Kier alpha value is -5.24. The zero-order valence-electron chi connectivity index (χ0n) is 23.6. The van der Waals surface area contributed by atoms with Crippen LogP contribution in [0, 0.1) is 0 Å². The maximum atomic E-state index is 13.6. The molecular formula is C34H31N3O5. The molecule has 0 unspecified atom stereocenters. The zero-order chi connectivity index (χ0) is 30.0. The third-order valence-corrected chi connectivity index (χ3v) is 7.67. The van der Waals surface area contributed by atoms with E-state index in [0.29, 0.717) is 22.0 Å². The van der Waals surface area contributed by atoms with Crippen LogP contribution in [0.2, 0.25) is 0 Å². The third-order valence-electron chi connectivity index (χ3n) is 7.67. The van der Waals surface area contributed by atoms with Crippen LogP contribution >= 0.6 is 0 Å². The van der Waals surface area contributed by atoms with Crippen molar-refractivity contribution in [3.63, 3.8) is 0 Å². The highest BCUT2D eigenvalue weighted by molar-refractivity contribution is 5.94. The van der Waals surface area contributed by atoms with Crippen LogP contribution in [0.15, 0.2) is 113 Å². The Bertz CT molecular complexity index is 1920. The second kappa shape index (κ2) is 11.3. The van der Waals surface area contributed by atoms with Gasteiger partial charge in [0.15, 0.2) is 0 Å². The first-order chi connectivity index (χ1) is 20.1. The molecule has 1 heterocycles. The van der Waals surface area contributed by atoms with Crippen molar-refractivity contribution in [1.29, 1.82) is 0 Å². The lowest BCUT2D eigenvalue weighted by atomic mass is 9.82. The first kappa shape index (κ1) is 28.3. The number of nitrogens with zero attached hydrogens (tertiary/aromatic N) is 2. The number of aliphatic carboxylic acids is 1. The molecule has 212 valence electrons. The summed E-state index contributed by atoms with van der Waals surface area (Å²) in [5.41, 5.74) is 1.82. The predicted octanol–water partition coefficient (Wildman–Crippen LogP) is 4.45. The summed E-state index contributed by atoms with van der Waals surface area (Å²) in [5, 5.41) is 14.2. The fraction of sp³-hybridized carbons (Fsp3) is 0.176. The highest BCUT2D eigenvalue weighted by Crippen LogP contribution is 2.29. The molecule has 0 saturated carbocycles. The quantitative estimate of drug-likeness (QED) is 0.291. The van der Waals surface area contributed by atoms with Gasteiger partial charge in [-0.1, -0.05) is 84.9 Å². The Kier molecular flexibility index (Phi) is 7.63. The van der Waals surface area contributed by atoms with Crippen LogP contribution in [0.5, 0.6) is 0 Å².